The number of nitrogens with one attached hydrogen (secondary N) is 1. The maximum Gasteiger partial charge on any atom is 0.416 e. The van der Waals surface area contributed by atoms with Crippen molar-refractivity contribution in [1.82, 2.24) is 5.32 Å². The van der Waals surface area contributed by atoms with Crippen LogP contribution in [0, 0.1) is 5.82 Å². The normalized spacial score (nSPS) is 19.4. The lowest BCUT2D eigenvalue weighted by Gasteiger charge is -2.39. The molecule has 0 saturated carbocycles. The zero-order valence-corrected chi connectivity index (χ0v) is 17.1. The first-order chi connectivity index (χ1) is 14.7. The largest absolute Gasteiger partial charge is 0.416 e. The molecule has 1 fully saturated rings. The summed E-state index contributed by atoms with van der Waals surface area (Å²) >= 11 is 0. The summed E-state index contributed by atoms with van der Waals surface area (Å²) in [6.07, 6.45) is -3.59. The number of hydrogen-bond acceptors (Lipinski definition) is 3. The topological polar surface area (TPSA) is 41.6 Å². The second-order valence-electron chi connectivity index (χ2n) is 8.23. The maximum absolute atomic E-state index is 13.4. The number of benzene rings is 2. The summed E-state index contributed by atoms with van der Waals surface area (Å²) in [6, 6.07) is 9.76. The Labute approximate surface area is 178 Å². The predicted molar refractivity (Wildman–Crippen MR) is 108 cm³/mol. The van der Waals surface area contributed by atoms with Crippen LogP contribution in [0.5, 0.6) is 0 Å². The van der Waals surface area contributed by atoms with Crippen molar-refractivity contribution in [2.75, 3.05) is 24.6 Å². The van der Waals surface area contributed by atoms with E-state index in [4.69, 9.17) is 4.74 Å². The van der Waals surface area contributed by atoms with E-state index in [1.54, 1.807) is 19.1 Å². The van der Waals surface area contributed by atoms with Gasteiger partial charge in [0.15, 0.2) is 0 Å². The first-order valence-corrected chi connectivity index (χ1v) is 10.3. The molecule has 0 aliphatic carbocycles. The monoisotopic (exact) mass is 436 g/mol. The van der Waals surface area contributed by atoms with Gasteiger partial charge in [-0.15, -0.1) is 0 Å². The number of anilines is 1. The van der Waals surface area contributed by atoms with Crippen LogP contribution in [0.4, 0.5) is 23.2 Å². The molecule has 166 valence electrons. The van der Waals surface area contributed by atoms with Gasteiger partial charge in [0.1, 0.15) is 12.0 Å². The third kappa shape index (κ3) is 4.32. The van der Waals surface area contributed by atoms with Gasteiger partial charge < -0.3 is 10.1 Å². The second-order valence-corrected chi connectivity index (χ2v) is 8.23. The molecule has 2 aromatic rings. The minimum Gasteiger partial charge on any atom is -0.357 e. The highest BCUT2D eigenvalue weighted by Gasteiger charge is 2.39. The Balaban J connectivity index is 1.53. The van der Waals surface area contributed by atoms with Crippen molar-refractivity contribution in [3.63, 3.8) is 0 Å². The molecule has 2 aliphatic heterocycles. The average molecular weight is 436 g/mol. The van der Waals surface area contributed by atoms with Crippen LogP contribution in [0.3, 0.4) is 0 Å². The number of nitrogens with zero attached hydrogens (tertiary/aromatic N) is 1. The Hall–Kier alpha value is -2.45. The molecule has 1 atom stereocenters. The fraction of sp³-hybridized carbons (Fsp3) is 0.435. The quantitative estimate of drug-likeness (QED) is 0.706. The molecule has 1 N–H and O–H groups in total. The summed E-state index contributed by atoms with van der Waals surface area (Å²) in [6.45, 7) is 3.63. The summed E-state index contributed by atoms with van der Waals surface area (Å²) in [4.78, 5) is 14.0. The van der Waals surface area contributed by atoms with Crippen LogP contribution >= 0.6 is 0 Å². The summed E-state index contributed by atoms with van der Waals surface area (Å²) in [7, 11) is 0. The second kappa shape index (κ2) is 8.24. The summed E-state index contributed by atoms with van der Waals surface area (Å²) in [5, 5.41) is 3.31. The molecule has 2 aromatic carbocycles. The molecule has 1 saturated heterocycles. The van der Waals surface area contributed by atoms with Gasteiger partial charge in [-0.05, 0) is 74.3 Å². The number of rotatable bonds is 5. The van der Waals surface area contributed by atoms with E-state index < -0.39 is 18.0 Å². The number of piperidine rings is 1. The van der Waals surface area contributed by atoms with Crippen LogP contribution in [0.15, 0.2) is 42.5 Å². The zero-order chi connectivity index (χ0) is 22.2. The minimum atomic E-state index is -4.45. The third-order valence-electron chi connectivity index (χ3n) is 6.26. The van der Waals surface area contributed by atoms with Gasteiger partial charge in [0.25, 0.3) is 0 Å². The number of halogens is 4. The standard InChI is InChI=1S/C23H24F4N2O2/c1-15(29-20-7-4-18(23(25,26)27)12-16(20)13-21(29)30)31-14-22(8-10-28-11-9-22)17-2-5-19(24)6-3-17/h2-7,12,15,28H,8-11,13-14H2,1H3. The zero-order valence-electron chi connectivity index (χ0n) is 17.1. The summed E-state index contributed by atoms with van der Waals surface area (Å²) in [5.41, 5.74) is 0.695. The van der Waals surface area contributed by atoms with Crippen LogP contribution in [0.25, 0.3) is 0 Å². The Morgan fingerprint density at radius 3 is 2.45 bits per heavy atom. The van der Waals surface area contributed by atoms with E-state index in [9.17, 15) is 22.4 Å². The first kappa shape index (κ1) is 21.8. The molecular formula is C23H24F4N2O2. The molecule has 0 aromatic heterocycles. The fourth-order valence-electron chi connectivity index (χ4n) is 4.50. The van der Waals surface area contributed by atoms with Gasteiger partial charge in [-0.1, -0.05) is 12.1 Å². The van der Waals surface area contributed by atoms with Gasteiger partial charge in [0, 0.05) is 5.41 Å². The van der Waals surface area contributed by atoms with E-state index in [1.165, 1.54) is 23.1 Å². The van der Waals surface area contributed by atoms with Crippen molar-refractivity contribution < 1.29 is 27.1 Å². The highest BCUT2D eigenvalue weighted by Crippen LogP contribution is 2.38. The molecule has 4 rings (SSSR count). The molecular weight excluding hydrogens is 412 g/mol. The van der Waals surface area contributed by atoms with Crippen LogP contribution in [-0.4, -0.2) is 31.8 Å². The Morgan fingerprint density at radius 1 is 1.13 bits per heavy atom. The SMILES string of the molecule is CC(OCC1(c2ccc(F)cc2)CCNCC1)N1C(=O)Cc2cc(C(F)(F)F)ccc21. The first-order valence-electron chi connectivity index (χ1n) is 10.3. The number of alkyl halides is 3. The van der Waals surface area contributed by atoms with E-state index in [1.807, 2.05) is 0 Å². The molecule has 0 spiro atoms. The van der Waals surface area contributed by atoms with Crippen LogP contribution in [0.2, 0.25) is 0 Å². The van der Waals surface area contributed by atoms with Crippen molar-refractivity contribution >= 4 is 11.6 Å². The highest BCUT2D eigenvalue weighted by atomic mass is 19.4. The molecule has 0 bridgehead atoms. The predicted octanol–water partition coefficient (Wildman–Crippen LogP) is 4.42. The van der Waals surface area contributed by atoms with Crippen molar-refractivity contribution in [2.45, 2.75) is 44.0 Å². The fourth-order valence-corrected chi connectivity index (χ4v) is 4.50. The van der Waals surface area contributed by atoms with E-state index in [-0.39, 0.29) is 23.6 Å². The van der Waals surface area contributed by atoms with E-state index >= 15 is 0 Å². The lowest BCUT2D eigenvalue weighted by Crippen LogP contribution is -2.46. The molecule has 1 unspecified atom stereocenters. The smallest absolute Gasteiger partial charge is 0.357 e. The number of amides is 1. The third-order valence-corrected chi connectivity index (χ3v) is 6.26. The Morgan fingerprint density at radius 2 is 1.81 bits per heavy atom. The van der Waals surface area contributed by atoms with E-state index in [2.05, 4.69) is 5.32 Å². The van der Waals surface area contributed by atoms with Crippen molar-refractivity contribution in [2.24, 2.45) is 0 Å². The van der Waals surface area contributed by atoms with Gasteiger partial charge >= 0.3 is 6.18 Å². The number of carbonyl (C=O) groups is 1. The number of fused-ring (bicyclic) bond motifs is 1. The van der Waals surface area contributed by atoms with Crippen molar-refractivity contribution in [1.29, 1.82) is 0 Å². The molecule has 2 aliphatic rings. The average Bonchev–Trinajstić information content (AvgIpc) is 3.07. The molecule has 0 radical (unpaired) electrons. The van der Waals surface area contributed by atoms with Crippen LogP contribution in [0.1, 0.15) is 36.5 Å². The van der Waals surface area contributed by atoms with Gasteiger partial charge in [-0.2, -0.15) is 13.2 Å². The lowest BCUT2D eigenvalue weighted by molar-refractivity contribution is -0.137. The number of ether oxygens (including phenoxy) is 1. The van der Waals surface area contributed by atoms with E-state index in [0.717, 1.165) is 43.6 Å². The van der Waals surface area contributed by atoms with Gasteiger partial charge in [-0.3, -0.25) is 9.69 Å². The maximum atomic E-state index is 13.4. The molecule has 8 heteroatoms. The molecule has 1 amide bonds. The minimum absolute atomic E-state index is 0.0834. The molecule has 4 nitrogen and oxygen atoms in total. The van der Waals surface area contributed by atoms with Gasteiger partial charge in [-0.25, -0.2) is 4.39 Å². The lowest BCUT2D eigenvalue weighted by atomic mass is 9.74. The summed E-state index contributed by atoms with van der Waals surface area (Å²) in [5.74, 6) is -0.595. The van der Waals surface area contributed by atoms with Crippen molar-refractivity contribution in [3.05, 3.63) is 65.0 Å². The van der Waals surface area contributed by atoms with Crippen molar-refractivity contribution in [3.8, 4) is 0 Å². The molecule has 2 heterocycles. The summed E-state index contributed by atoms with van der Waals surface area (Å²) < 4.78 is 58.6. The highest BCUT2D eigenvalue weighted by molar-refractivity contribution is 6.01. The Bertz CT molecular complexity index is 953. The van der Waals surface area contributed by atoms with Crippen LogP contribution in [-0.2, 0) is 27.5 Å². The van der Waals surface area contributed by atoms with Crippen LogP contribution < -0.4 is 10.2 Å². The van der Waals surface area contributed by atoms with Gasteiger partial charge in [0.2, 0.25) is 5.91 Å². The number of hydrogen-bond donors (Lipinski definition) is 1. The van der Waals surface area contributed by atoms with Gasteiger partial charge in [0.05, 0.1) is 24.3 Å². The molecule has 31 heavy (non-hydrogen) atoms. The van der Waals surface area contributed by atoms with E-state index in [0.29, 0.717) is 17.9 Å². The Kier molecular flexibility index (Phi) is 5.79. The number of carbonyl (C=O) groups excluding carboxylic acids is 1.